The molecule has 2 heterocycles. The monoisotopic (exact) mass is 401 g/mol. The summed E-state index contributed by atoms with van der Waals surface area (Å²) in [5.74, 6) is 0.562. The van der Waals surface area contributed by atoms with Gasteiger partial charge in [-0.15, -0.1) is 0 Å². The Morgan fingerprint density at radius 1 is 1.21 bits per heavy atom. The van der Waals surface area contributed by atoms with E-state index >= 15 is 0 Å². The number of halogens is 1. The lowest BCUT2D eigenvalue weighted by atomic mass is 10.1. The maximum Gasteiger partial charge on any atom is 0.274 e. The molecule has 3 aromatic rings. The number of benzene rings is 1. The Morgan fingerprint density at radius 3 is 2.50 bits per heavy atom. The third-order valence-electron chi connectivity index (χ3n) is 4.50. The maximum atomic E-state index is 12.6. The van der Waals surface area contributed by atoms with Gasteiger partial charge in [0.05, 0.1) is 5.69 Å². The number of hydrogen-bond acceptors (Lipinski definition) is 4. The number of amides is 1. The van der Waals surface area contributed by atoms with Crippen molar-refractivity contribution < 1.29 is 9.53 Å². The molecule has 0 saturated carbocycles. The molecule has 1 aromatic carbocycles. The van der Waals surface area contributed by atoms with Crippen LogP contribution in [0.1, 0.15) is 32.9 Å². The van der Waals surface area contributed by atoms with Gasteiger partial charge in [0.15, 0.2) is 12.4 Å². The minimum Gasteiger partial charge on any atom is -0.471 e. The summed E-state index contributed by atoms with van der Waals surface area (Å²) in [6.07, 6.45) is 3.65. The summed E-state index contributed by atoms with van der Waals surface area (Å²) in [5.41, 5.74) is 4.21. The average Bonchev–Trinajstić information content (AvgIpc) is 3.23. The van der Waals surface area contributed by atoms with Gasteiger partial charge in [-0.3, -0.25) is 9.48 Å². The number of ether oxygens (including phenoxy) is 1. The van der Waals surface area contributed by atoms with Gasteiger partial charge in [-0.2, -0.15) is 10.2 Å². The molecule has 0 N–H and O–H groups in total. The van der Waals surface area contributed by atoms with Crippen LogP contribution in [0.15, 0.2) is 30.6 Å². The van der Waals surface area contributed by atoms with Crippen LogP contribution < -0.4 is 4.74 Å². The van der Waals surface area contributed by atoms with Gasteiger partial charge in [0.25, 0.3) is 5.91 Å². The SMILES string of the molecule is Cc1cc(OCn2ccc(C(=O)N(C)Cc3cn(C)nc3C)n2)cc(C)c1Cl. The molecule has 1 amide bonds. The molecule has 2 aromatic heterocycles. The van der Waals surface area contributed by atoms with Crippen molar-refractivity contribution in [3.8, 4) is 5.75 Å². The number of aryl methyl sites for hydroxylation is 4. The standard InChI is InChI=1S/C20H24ClN5O2/c1-13-8-17(9-14(2)19(13)21)28-12-26-7-6-18(23-26)20(27)24(4)10-16-11-25(5)22-15(16)3/h6-9,11H,10,12H2,1-5H3. The largest absolute Gasteiger partial charge is 0.471 e. The zero-order valence-electron chi connectivity index (χ0n) is 16.7. The van der Waals surface area contributed by atoms with Crippen molar-refractivity contribution >= 4 is 17.5 Å². The second kappa shape index (κ2) is 8.06. The van der Waals surface area contributed by atoms with E-state index in [1.165, 1.54) is 0 Å². The van der Waals surface area contributed by atoms with Crippen LogP contribution >= 0.6 is 11.6 Å². The molecule has 0 fully saturated rings. The molecule has 0 spiro atoms. The zero-order valence-corrected chi connectivity index (χ0v) is 17.5. The summed E-state index contributed by atoms with van der Waals surface area (Å²) >= 11 is 6.18. The lowest BCUT2D eigenvalue weighted by Gasteiger charge is -2.15. The highest BCUT2D eigenvalue weighted by Gasteiger charge is 2.17. The fraction of sp³-hybridized carbons (Fsp3) is 0.350. The van der Waals surface area contributed by atoms with Crippen molar-refractivity contribution in [2.24, 2.45) is 7.05 Å². The molecule has 0 saturated heterocycles. The predicted octanol–water partition coefficient (Wildman–Crippen LogP) is 3.50. The maximum absolute atomic E-state index is 12.6. The zero-order chi connectivity index (χ0) is 20.4. The van der Waals surface area contributed by atoms with Crippen molar-refractivity contribution in [1.82, 2.24) is 24.5 Å². The van der Waals surface area contributed by atoms with Crippen molar-refractivity contribution in [1.29, 1.82) is 0 Å². The van der Waals surface area contributed by atoms with E-state index in [4.69, 9.17) is 16.3 Å². The molecule has 0 bridgehead atoms. The van der Waals surface area contributed by atoms with Gasteiger partial charge in [-0.1, -0.05) is 11.6 Å². The fourth-order valence-corrected chi connectivity index (χ4v) is 3.11. The molecular weight excluding hydrogens is 378 g/mol. The number of aromatic nitrogens is 4. The van der Waals surface area contributed by atoms with E-state index in [1.807, 2.05) is 46.1 Å². The summed E-state index contributed by atoms with van der Waals surface area (Å²) in [5, 5.41) is 9.38. The van der Waals surface area contributed by atoms with Crippen LogP contribution in [0.2, 0.25) is 5.02 Å². The van der Waals surface area contributed by atoms with E-state index in [0.29, 0.717) is 18.0 Å². The van der Waals surface area contributed by atoms with Gasteiger partial charge in [0.1, 0.15) is 5.75 Å². The molecule has 0 aliphatic heterocycles. The van der Waals surface area contributed by atoms with Gasteiger partial charge in [-0.05, 0) is 50.1 Å². The van der Waals surface area contributed by atoms with Crippen LogP contribution in [0.3, 0.4) is 0 Å². The highest BCUT2D eigenvalue weighted by molar-refractivity contribution is 6.32. The second-order valence-electron chi connectivity index (χ2n) is 6.96. The molecule has 0 unspecified atom stereocenters. The number of carbonyl (C=O) groups excluding carboxylic acids is 1. The molecule has 0 aliphatic carbocycles. The third-order valence-corrected chi connectivity index (χ3v) is 5.10. The van der Waals surface area contributed by atoms with E-state index in [1.54, 1.807) is 33.6 Å². The molecule has 148 valence electrons. The van der Waals surface area contributed by atoms with Gasteiger partial charge in [-0.25, -0.2) is 4.68 Å². The molecular formula is C20H24ClN5O2. The van der Waals surface area contributed by atoms with Crippen LogP contribution in [-0.2, 0) is 20.3 Å². The minimum absolute atomic E-state index is 0.153. The highest BCUT2D eigenvalue weighted by atomic mass is 35.5. The Labute approximate surface area is 169 Å². The van der Waals surface area contributed by atoms with Crippen molar-refractivity contribution in [3.05, 3.63) is 63.7 Å². The number of carbonyl (C=O) groups is 1. The summed E-state index contributed by atoms with van der Waals surface area (Å²) in [7, 11) is 3.62. The highest BCUT2D eigenvalue weighted by Crippen LogP contribution is 2.26. The first kappa shape index (κ1) is 19.9. The Bertz CT molecular complexity index is 985. The first-order valence-electron chi connectivity index (χ1n) is 8.92. The van der Waals surface area contributed by atoms with E-state index in [2.05, 4.69) is 10.2 Å². The van der Waals surface area contributed by atoms with Crippen LogP contribution in [0, 0.1) is 20.8 Å². The van der Waals surface area contributed by atoms with Crippen LogP contribution in [0.5, 0.6) is 5.75 Å². The molecule has 7 nitrogen and oxygen atoms in total. The quantitative estimate of drug-likeness (QED) is 0.634. The van der Waals surface area contributed by atoms with Gasteiger partial charge >= 0.3 is 0 Å². The lowest BCUT2D eigenvalue weighted by molar-refractivity contribution is 0.0777. The summed E-state index contributed by atoms with van der Waals surface area (Å²) in [4.78, 5) is 14.3. The minimum atomic E-state index is -0.153. The van der Waals surface area contributed by atoms with E-state index in [-0.39, 0.29) is 12.6 Å². The van der Waals surface area contributed by atoms with E-state index in [9.17, 15) is 4.79 Å². The van der Waals surface area contributed by atoms with Crippen molar-refractivity contribution in [2.45, 2.75) is 34.0 Å². The van der Waals surface area contributed by atoms with E-state index in [0.717, 1.165) is 27.4 Å². The first-order valence-corrected chi connectivity index (χ1v) is 9.30. The first-order chi connectivity index (χ1) is 13.2. The second-order valence-corrected chi connectivity index (χ2v) is 7.34. The van der Waals surface area contributed by atoms with Crippen molar-refractivity contribution in [2.75, 3.05) is 7.05 Å². The normalized spacial score (nSPS) is 10.9. The summed E-state index contributed by atoms with van der Waals surface area (Å²) in [6.45, 7) is 6.49. The Hall–Kier alpha value is -2.80. The molecule has 0 aliphatic rings. The van der Waals surface area contributed by atoms with Crippen LogP contribution in [-0.4, -0.2) is 37.4 Å². The fourth-order valence-electron chi connectivity index (χ4n) is 3.00. The number of nitrogens with zero attached hydrogens (tertiary/aromatic N) is 5. The predicted molar refractivity (Wildman–Crippen MR) is 108 cm³/mol. The van der Waals surface area contributed by atoms with Crippen LogP contribution in [0.4, 0.5) is 0 Å². The Morgan fingerprint density at radius 2 is 1.89 bits per heavy atom. The number of hydrogen-bond donors (Lipinski definition) is 0. The van der Waals surface area contributed by atoms with Gasteiger partial charge < -0.3 is 9.64 Å². The molecule has 0 radical (unpaired) electrons. The van der Waals surface area contributed by atoms with Gasteiger partial charge in [0.2, 0.25) is 0 Å². The molecule has 0 atom stereocenters. The molecule has 28 heavy (non-hydrogen) atoms. The Kier molecular flexibility index (Phi) is 5.74. The molecule has 3 rings (SSSR count). The average molecular weight is 402 g/mol. The smallest absolute Gasteiger partial charge is 0.274 e. The lowest BCUT2D eigenvalue weighted by Crippen LogP contribution is -2.27. The summed E-state index contributed by atoms with van der Waals surface area (Å²) < 4.78 is 9.12. The topological polar surface area (TPSA) is 65.2 Å². The molecule has 8 heteroatoms. The van der Waals surface area contributed by atoms with Crippen LogP contribution in [0.25, 0.3) is 0 Å². The summed E-state index contributed by atoms with van der Waals surface area (Å²) in [6, 6.07) is 5.46. The van der Waals surface area contributed by atoms with Gasteiger partial charge in [0, 0.05) is 43.6 Å². The van der Waals surface area contributed by atoms with E-state index < -0.39 is 0 Å². The Balaban J connectivity index is 1.63. The van der Waals surface area contributed by atoms with Crippen molar-refractivity contribution in [3.63, 3.8) is 0 Å². The third kappa shape index (κ3) is 4.36. The number of rotatable bonds is 6.